The van der Waals surface area contributed by atoms with Crippen LogP contribution in [0.2, 0.25) is 5.15 Å². The van der Waals surface area contributed by atoms with Gasteiger partial charge in [0.15, 0.2) is 0 Å². The average molecular weight is 318 g/mol. The van der Waals surface area contributed by atoms with Crippen LogP contribution in [0.25, 0.3) is 0 Å². The molecule has 1 heterocycles. The van der Waals surface area contributed by atoms with Gasteiger partial charge in [0, 0.05) is 19.2 Å². The molecule has 3 rings (SSSR count). The second kappa shape index (κ2) is 6.34. The Morgan fingerprint density at radius 1 is 1.32 bits per heavy atom. The van der Waals surface area contributed by atoms with Gasteiger partial charge in [-0.3, -0.25) is 0 Å². The SMILES string of the molecule is O=C(NCc1ccc(Cl)nc1)NC1c2ccccc2CC1O. The van der Waals surface area contributed by atoms with Crippen LogP contribution < -0.4 is 10.6 Å². The number of aliphatic hydroxyl groups is 1. The maximum absolute atomic E-state index is 12.0. The van der Waals surface area contributed by atoms with E-state index >= 15 is 0 Å². The van der Waals surface area contributed by atoms with Gasteiger partial charge in [-0.1, -0.05) is 41.9 Å². The zero-order chi connectivity index (χ0) is 15.5. The monoisotopic (exact) mass is 317 g/mol. The minimum atomic E-state index is -0.597. The highest BCUT2D eigenvalue weighted by Crippen LogP contribution is 2.30. The number of nitrogens with zero attached hydrogens (tertiary/aromatic N) is 1. The largest absolute Gasteiger partial charge is 0.390 e. The van der Waals surface area contributed by atoms with Gasteiger partial charge < -0.3 is 15.7 Å². The fourth-order valence-corrected chi connectivity index (χ4v) is 2.75. The van der Waals surface area contributed by atoms with Gasteiger partial charge in [0.05, 0.1) is 12.1 Å². The number of amides is 2. The lowest BCUT2D eigenvalue weighted by Crippen LogP contribution is -2.40. The molecule has 5 nitrogen and oxygen atoms in total. The number of hydrogen-bond acceptors (Lipinski definition) is 3. The third-order valence-corrected chi connectivity index (χ3v) is 3.96. The smallest absolute Gasteiger partial charge is 0.315 e. The number of benzene rings is 1. The molecule has 2 amide bonds. The van der Waals surface area contributed by atoms with Crippen molar-refractivity contribution in [1.29, 1.82) is 0 Å². The Labute approximate surface area is 133 Å². The van der Waals surface area contributed by atoms with Crippen LogP contribution in [0.3, 0.4) is 0 Å². The number of aromatic nitrogens is 1. The Morgan fingerprint density at radius 2 is 2.14 bits per heavy atom. The first-order valence-electron chi connectivity index (χ1n) is 7.04. The minimum Gasteiger partial charge on any atom is -0.390 e. The highest BCUT2D eigenvalue weighted by atomic mass is 35.5. The topological polar surface area (TPSA) is 74.2 Å². The lowest BCUT2D eigenvalue weighted by atomic mass is 10.1. The maximum atomic E-state index is 12.0. The molecule has 0 spiro atoms. The van der Waals surface area contributed by atoms with Crippen molar-refractivity contribution in [3.63, 3.8) is 0 Å². The summed E-state index contributed by atoms with van der Waals surface area (Å²) < 4.78 is 0. The van der Waals surface area contributed by atoms with E-state index in [-0.39, 0.29) is 12.1 Å². The molecular weight excluding hydrogens is 302 g/mol. The van der Waals surface area contributed by atoms with E-state index in [1.165, 1.54) is 0 Å². The Kier molecular flexibility index (Phi) is 4.27. The summed E-state index contributed by atoms with van der Waals surface area (Å²) in [5, 5.41) is 16.1. The summed E-state index contributed by atoms with van der Waals surface area (Å²) in [7, 11) is 0. The first-order chi connectivity index (χ1) is 10.6. The van der Waals surface area contributed by atoms with Crippen molar-refractivity contribution in [2.24, 2.45) is 0 Å². The number of carbonyl (C=O) groups excluding carboxylic acids is 1. The number of carbonyl (C=O) groups is 1. The van der Waals surface area contributed by atoms with E-state index in [9.17, 15) is 9.90 Å². The first-order valence-corrected chi connectivity index (χ1v) is 7.42. The third kappa shape index (κ3) is 3.21. The van der Waals surface area contributed by atoms with Crippen molar-refractivity contribution in [1.82, 2.24) is 15.6 Å². The average Bonchev–Trinajstić information content (AvgIpc) is 2.83. The molecule has 0 saturated heterocycles. The van der Waals surface area contributed by atoms with Crippen LogP contribution in [-0.4, -0.2) is 22.2 Å². The van der Waals surface area contributed by atoms with Gasteiger partial charge in [0.2, 0.25) is 0 Å². The van der Waals surface area contributed by atoms with Crippen LogP contribution >= 0.6 is 11.6 Å². The summed E-state index contributed by atoms with van der Waals surface area (Å²) in [6.07, 6.45) is 1.57. The summed E-state index contributed by atoms with van der Waals surface area (Å²) in [5.74, 6) is 0. The van der Waals surface area contributed by atoms with Crippen LogP contribution in [0.1, 0.15) is 22.7 Å². The first kappa shape index (κ1) is 14.8. The van der Waals surface area contributed by atoms with Gasteiger partial charge >= 0.3 is 6.03 Å². The molecule has 1 aliphatic rings. The Balaban J connectivity index is 1.59. The predicted molar refractivity (Wildman–Crippen MR) is 83.5 cm³/mol. The number of hydrogen-bond donors (Lipinski definition) is 3. The predicted octanol–water partition coefficient (Wildman–Crippen LogP) is 2.19. The van der Waals surface area contributed by atoms with E-state index < -0.39 is 6.10 Å². The van der Waals surface area contributed by atoms with Crippen molar-refractivity contribution in [2.75, 3.05) is 0 Å². The molecule has 22 heavy (non-hydrogen) atoms. The molecule has 6 heteroatoms. The number of aliphatic hydroxyl groups excluding tert-OH is 1. The molecule has 1 aromatic carbocycles. The van der Waals surface area contributed by atoms with E-state index in [0.717, 1.165) is 16.7 Å². The second-order valence-electron chi connectivity index (χ2n) is 5.26. The molecule has 0 bridgehead atoms. The quantitative estimate of drug-likeness (QED) is 0.760. The minimum absolute atomic E-state index is 0.323. The van der Waals surface area contributed by atoms with Gasteiger partial charge in [-0.25, -0.2) is 9.78 Å². The molecule has 0 fully saturated rings. The zero-order valence-corrected chi connectivity index (χ0v) is 12.5. The summed E-state index contributed by atoms with van der Waals surface area (Å²) in [4.78, 5) is 16.0. The molecule has 0 aliphatic heterocycles. The van der Waals surface area contributed by atoms with E-state index in [1.807, 2.05) is 24.3 Å². The molecule has 3 N–H and O–H groups in total. The van der Waals surface area contributed by atoms with Crippen molar-refractivity contribution in [3.05, 3.63) is 64.4 Å². The lowest BCUT2D eigenvalue weighted by molar-refractivity contribution is 0.142. The molecule has 2 aromatic rings. The Hall–Kier alpha value is -2.11. The molecule has 2 atom stereocenters. The number of pyridine rings is 1. The number of rotatable bonds is 3. The fourth-order valence-electron chi connectivity index (χ4n) is 2.63. The van der Waals surface area contributed by atoms with Gasteiger partial charge in [-0.15, -0.1) is 0 Å². The number of halogens is 1. The van der Waals surface area contributed by atoms with E-state index in [4.69, 9.17) is 11.6 Å². The molecule has 1 aliphatic carbocycles. The van der Waals surface area contributed by atoms with Gasteiger partial charge in [-0.2, -0.15) is 0 Å². The lowest BCUT2D eigenvalue weighted by Gasteiger charge is -2.18. The summed E-state index contributed by atoms with van der Waals surface area (Å²) in [5.41, 5.74) is 2.90. The van der Waals surface area contributed by atoms with Gasteiger partial charge in [0.1, 0.15) is 5.15 Å². The van der Waals surface area contributed by atoms with Crippen molar-refractivity contribution in [3.8, 4) is 0 Å². The summed E-state index contributed by atoms with van der Waals surface area (Å²) in [6, 6.07) is 10.5. The van der Waals surface area contributed by atoms with Crippen LogP contribution in [0.4, 0.5) is 4.79 Å². The van der Waals surface area contributed by atoms with Crippen LogP contribution in [0.5, 0.6) is 0 Å². The van der Waals surface area contributed by atoms with Crippen molar-refractivity contribution >= 4 is 17.6 Å². The van der Waals surface area contributed by atoms with Crippen molar-refractivity contribution in [2.45, 2.75) is 25.1 Å². The molecule has 0 radical (unpaired) electrons. The van der Waals surface area contributed by atoms with E-state index in [1.54, 1.807) is 18.3 Å². The van der Waals surface area contributed by atoms with Crippen LogP contribution in [-0.2, 0) is 13.0 Å². The molecule has 114 valence electrons. The Bertz CT molecular complexity index is 675. The normalized spacial score (nSPS) is 19.5. The van der Waals surface area contributed by atoms with Gasteiger partial charge in [0.25, 0.3) is 0 Å². The number of urea groups is 1. The van der Waals surface area contributed by atoms with Crippen molar-refractivity contribution < 1.29 is 9.90 Å². The van der Waals surface area contributed by atoms with E-state index in [0.29, 0.717) is 18.1 Å². The van der Waals surface area contributed by atoms with Crippen LogP contribution in [0, 0.1) is 0 Å². The highest BCUT2D eigenvalue weighted by Gasteiger charge is 2.31. The zero-order valence-electron chi connectivity index (χ0n) is 11.8. The summed E-state index contributed by atoms with van der Waals surface area (Å²) in [6.45, 7) is 0.348. The number of nitrogens with one attached hydrogen (secondary N) is 2. The second-order valence-corrected chi connectivity index (χ2v) is 5.65. The standard InChI is InChI=1S/C16H16ClN3O2/c17-14-6-5-10(8-18-14)9-19-16(22)20-15-12-4-2-1-3-11(12)7-13(15)21/h1-6,8,13,15,21H,7,9H2,(H2,19,20,22). The highest BCUT2D eigenvalue weighted by molar-refractivity contribution is 6.29. The Morgan fingerprint density at radius 3 is 2.91 bits per heavy atom. The molecule has 1 aromatic heterocycles. The summed E-state index contributed by atoms with van der Waals surface area (Å²) >= 11 is 5.71. The molecular formula is C16H16ClN3O2. The molecule has 0 saturated carbocycles. The van der Waals surface area contributed by atoms with Crippen LogP contribution in [0.15, 0.2) is 42.6 Å². The molecule has 2 unspecified atom stereocenters. The maximum Gasteiger partial charge on any atom is 0.315 e. The van der Waals surface area contributed by atoms with Gasteiger partial charge in [-0.05, 0) is 22.8 Å². The van der Waals surface area contributed by atoms with E-state index in [2.05, 4.69) is 15.6 Å². The fraction of sp³-hybridized carbons (Fsp3) is 0.250. The third-order valence-electron chi connectivity index (χ3n) is 3.73. The number of fused-ring (bicyclic) bond motifs is 1.